The number of hydrogen-bond donors (Lipinski definition) is 1. The molecule has 0 bridgehead atoms. The first-order valence-electron chi connectivity index (χ1n) is 5.21. The monoisotopic (exact) mass is 292 g/mol. The van der Waals surface area contributed by atoms with Crippen LogP contribution in [0.2, 0.25) is 0 Å². The molecule has 0 spiro atoms. The smallest absolute Gasteiger partial charge is 0.119 e. The number of nitrogens with zero attached hydrogens (tertiary/aromatic N) is 1. The maximum Gasteiger partial charge on any atom is 0.119 e. The summed E-state index contributed by atoms with van der Waals surface area (Å²) in [7, 11) is 1.64. The Morgan fingerprint density at radius 2 is 2.12 bits per heavy atom. The molecule has 0 aliphatic carbocycles. The predicted octanol–water partition coefficient (Wildman–Crippen LogP) is 2.90. The molecule has 17 heavy (non-hydrogen) atoms. The van der Waals surface area contributed by atoms with Crippen molar-refractivity contribution in [2.24, 2.45) is 5.73 Å². The van der Waals surface area contributed by atoms with E-state index in [0.717, 1.165) is 21.5 Å². The number of methoxy groups -OCH3 is 1. The molecule has 4 heteroatoms. The molecule has 88 valence electrons. The zero-order valence-corrected chi connectivity index (χ0v) is 11.0. The van der Waals surface area contributed by atoms with E-state index in [0.29, 0.717) is 0 Å². The van der Waals surface area contributed by atoms with Crippen molar-refractivity contribution in [2.45, 2.75) is 6.04 Å². The molecule has 0 aliphatic heterocycles. The fraction of sp³-hybridized carbons (Fsp3) is 0.154. The van der Waals surface area contributed by atoms with E-state index in [1.807, 2.05) is 36.4 Å². The Labute approximate surface area is 109 Å². The van der Waals surface area contributed by atoms with E-state index in [2.05, 4.69) is 20.9 Å². The minimum atomic E-state index is -0.238. The van der Waals surface area contributed by atoms with E-state index in [1.165, 1.54) is 0 Å². The van der Waals surface area contributed by atoms with Gasteiger partial charge in [-0.1, -0.05) is 12.1 Å². The van der Waals surface area contributed by atoms with Crippen LogP contribution in [-0.4, -0.2) is 12.1 Å². The summed E-state index contributed by atoms with van der Waals surface area (Å²) in [5.41, 5.74) is 7.98. The van der Waals surface area contributed by atoms with Gasteiger partial charge in [-0.15, -0.1) is 0 Å². The minimum Gasteiger partial charge on any atom is -0.497 e. The van der Waals surface area contributed by atoms with E-state index in [9.17, 15) is 0 Å². The third-order valence-corrected chi connectivity index (χ3v) is 2.99. The number of benzene rings is 1. The van der Waals surface area contributed by atoms with Crippen molar-refractivity contribution in [3.8, 4) is 5.75 Å². The fourth-order valence-corrected chi connectivity index (χ4v) is 1.81. The first-order chi connectivity index (χ1) is 8.20. The van der Waals surface area contributed by atoms with Crippen LogP contribution in [-0.2, 0) is 0 Å². The van der Waals surface area contributed by atoms with Crippen molar-refractivity contribution >= 4 is 15.9 Å². The second kappa shape index (κ2) is 5.29. The highest BCUT2D eigenvalue weighted by molar-refractivity contribution is 9.10. The highest BCUT2D eigenvalue weighted by atomic mass is 79.9. The zero-order valence-electron chi connectivity index (χ0n) is 9.43. The molecule has 1 heterocycles. The Bertz CT molecular complexity index is 499. The Morgan fingerprint density at radius 3 is 2.76 bits per heavy atom. The SMILES string of the molecule is COc1cccc(C(N)c2ccc(Br)cn2)c1. The lowest BCUT2D eigenvalue weighted by molar-refractivity contribution is 0.414. The number of pyridine rings is 1. The normalized spacial score (nSPS) is 12.2. The number of ether oxygens (including phenoxy) is 1. The van der Waals surface area contributed by atoms with Crippen LogP contribution in [0.25, 0.3) is 0 Å². The Morgan fingerprint density at radius 1 is 1.29 bits per heavy atom. The molecule has 0 radical (unpaired) electrons. The summed E-state index contributed by atoms with van der Waals surface area (Å²) in [6.07, 6.45) is 1.75. The number of halogens is 1. The van der Waals surface area contributed by atoms with Gasteiger partial charge in [0, 0.05) is 10.7 Å². The Kier molecular flexibility index (Phi) is 3.76. The van der Waals surface area contributed by atoms with Gasteiger partial charge in [0.25, 0.3) is 0 Å². The number of aromatic nitrogens is 1. The Hall–Kier alpha value is -1.39. The number of hydrogen-bond acceptors (Lipinski definition) is 3. The lowest BCUT2D eigenvalue weighted by Gasteiger charge is -2.12. The summed E-state index contributed by atoms with van der Waals surface area (Å²) in [5, 5.41) is 0. The lowest BCUT2D eigenvalue weighted by atomic mass is 10.0. The molecule has 1 unspecified atom stereocenters. The first kappa shape index (κ1) is 12.1. The van der Waals surface area contributed by atoms with E-state index in [-0.39, 0.29) is 6.04 Å². The van der Waals surface area contributed by atoms with Crippen LogP contribution in [0.4, 0.5) is 0 Å². The highest BCUT2D eigenvalue weighted by Gasteiger charge is 2.10. The zero-order chi connectivity index (χ0) is 12.3. The minimum absolute atomic E-state index is 0.238. The van der Waals surface area contributed by atoms with Gasteiger partial charge in [-0.05, 0) is 45.8 Å². The standard InChI is InChI=1S/C13H13BrN2O/c1-17-11-4-2-3-9(7-11)13(15)12-6-5-10(14)8-16-12/h2-8,13H,15H2,1H3. The molecule has 0 aliphatic rings. The first-order valence-corrected chi connectivity index (χ1v) is 6.01. The molecular formula is C13H13BrN2O. The molecule has 1 aromatic heterocycles. The van der Waals surface area contributed by atoms with Gasteiger partial charge in [-0.3, -0.25) is 4.98 Å². The summed E-state index contributed by atoms with van der Waals surface area (Å²) < 4.78 is 6.12. The highest BCUT2D eigenvalue weighted by Crippen LogP contribution is 2.22. The fourth-order valence-electron chi connectivity index (χ4n) is 1.58. The molecule has 0 saturated heterocycles. The Balaban J connectivity index is 2.29. The average Bonchev–Trinajstić information content (AvgIpc) is 2.39. The summed E-state index contributed by atoms with van der Waals surface area (Å²) in [6, 6.07) is 11.3. The second-order valence-electron chi connectivity index (χ2n) is 3.66. The third-order valence-electron chi connectivity index (χ3n) is 2.52. The summed E-state index contributed by atoms with van der Waals surface area (Å²) >= 11 is 3.35. The number of rotatable bonds is 3. The van der Waals surface area contributed by atoms with Crippen molar-refractivity contribution < 1.29 is 4.74 Å². The van der Waals surface area contributed by atoms with Crippen molar-refractivity contribution in [1.82, 2.24) is 4.98 Å². The maximum absolute atomic E-state index is 6.16. The molecular weight excluding hydrogens is 280 g/mol. The van der Waals surface area contributed by atoms with Crippen LogP contribution < -0.4 is 10.5 Å². The van der Waals surface area contributed by atoms with Crippen LogP contribution in [0.15, 0.2) is 47.1 Å². The van der Waals surface area contributed by atoms with Crippen LogP contribution in [0, 0.1) is 0 Å². The molecule has 3 nitrogen and oxygen atoms in total. The largest absolute Gasteiger partial charge is 0.497 e. The van der Waals surface area contributed by atoms with Crippen LogP contribution in [0.3, 0.4) is 0 Å². The molecule has 1 aromatic carbocycles. The van der Waals surface area contributed by atoms with E-state index in [4.69, 9.17) is 10.5 Å². The lowest BCUT2D eigenvalue weighted by Crippen LogP contribution is -2.13. The molecule has 2 aromatic rings. The van der Waals surface area contributed by atoms with Crippen molar-refractivity contribution in [3.05, 3.63) is 58.3 Å². The quantitative estimate of drug-likeness (QED) is 0.946. The van der Waals surface area contributed by atoms with Gasteiger partial charge in [0.05, 0.1) is 18.8 Å². The van der Waals surface area contributed by atoms with Crippen LogP contribution in [0.1, 0.15) is 17.3 Å². The van der Waals surface area contributed by atoms with Crippen molar-refractivity contribution in [3.63, 3.8) is 0 Å². The van der Waals surface area contributed by atoms with Crippen LogP contribution in [0.5, 0.6) is 5.75 Å². The van der Waals surface area contributed by atoms with Crippen molar-refractivity contribution in [2.75, 3.05) is 7.11 Å². The maximum atomic E-state index is 6.16. The second-order valence-corrected chi connectivity index (χ2v) is 4.57. The van der Waals surface area contributed by atoms with Gasteiger partial charge in [-0.25, -0.2) is 0 Å². The topological polar surface area (TPSA) is 48.1 Å². The molecule has 0 saturated carbocycles. The summed E-state index contributed by atoms with van der Waals surface area (Å²) in [4.78, 5) is 4.30. The number of nitrogens with two attached hydrogens (primary N) is 1. The van der Waals surface area contributed by atoms with Gasteiger partial charge in [0.15, 0.2) is 0 Å². The van der Waals surface area contributed by atoms with E-state index < -0.39 is 0 Å². The molecule has 0 amide bonds. The predicted molar refractivity (Wildman–Crippen MR) is 71.0 cm³/mol. The van der Waals surface area contributed by atoms with E-state index >= 15 is 0 Å². The van der Waals surface area contributed by atoms with Crippen LogP contribution >= 0.6 is 15.9 Å². The average molecular weight is 293 g/mol. The molecule has 2 N–H and O–H groups in total. The van der Waals surface area contributed by atoms with Gasteiger partial charge in [-0.2, -0.15) is 0 Å². The van der Waals surface area contributed by atoms with Gasteiger partial charge < -0.3 is 10.5 Å². The molecule has 2 rings (SSSR count). The van der Waals surface area contributed by atoms with Gasteiger partial charge in [0.2, 0.25) is 0 Å². The summed E-state index contributed by atoms with van der Waals surface area (Å²) in [5.74, 6) is 0.801. The van der Waals surface area contributed by atoms with Gasteiger partial charge in [0.1, 0.15) is 5.75 Å². The van der Waals surface area contributed by atoms with Gasteiger partial charge >= 0.3 is 0 Å². The molecule has 1 atom stereocenters. The summed E-state index contributed by atoms with van der Waals surface area (Å²) in [6.45, 7) is 0. The van der Waals surface area contributed by atoms with E-state index in [1.54, 1.807) is 13.3 Å². The molecule has 0 fully saturated rings. The third kappa shape index (κ3) is 2.84. The van der Waals surface area contributed by atoms with Crippen molar-refractivity contribution in [1.29, 1.82) is 0 Å².